The van der Waals surface area contributed by atoms with Crippen LogP contribution >= 0.6 is 34.5 Å². The predicted molar refractivity (Wildman–Crippen MR) is 88.3 cm³/mol. The van der Waals surface area contributed by atoms with E-state index in [1.54, 1.807) is 24.3 Å². The van der Waals surface area contributed by atoms with Crippen LogP contribution in [-0.2, 0) is 0 Å². The second-order valence-corrected chi connectivity index (χ2v) is 6.08. The number of rotatable bonds is 4. The van der Waals surface area contributed by atoms with E-state index in [0.717, 1.165) is 4.91 Å². The largest absolute Gasteiger partial charge is 0.348 e. The van der Waals surface area contributed by atoms with Gasteiger partial charge in [-0.05, 0) is 18.2 Å². The fourth-order valence-corrected chi connectivity index (χ4v) is 3.04. The minimum absolute atomic E-state index is 0.184. The van der Waals surface area contributed by atoms with Gasteiger partial charge in [-0.15, -0.1) is 17.9 Å². The molecule has 1 aromatic heterocycles. The van der Waals surface area contributed by atoms with Gasteiger partial charge in [0.15, 0.2) is 7.85 Å². The molecule has 0 aliphatic carbocycles. The average Bonchev–Trinajstić information content (AvgIpc) is 2.78. The van der Waals surface area contributed by atoms with Crippen molar-refractivity contribution in [2.24, 2.45) is 0 Å². The van der Waals surface area contributed by atoms with E-state index in [0.29, 0.717) is 32.7 Å². The lowest BCUT2D eigenvalue weighted by Gasteiger charge is -2.05. The Kier molecular flexibility index (Phi) is 4.86. The molecular weight excluding hydrogens is 314 g/mol. The van der Waals surface area contributed by atoms with Crippen molar-refractivity contribution in [3.63, 3.8) is 0 Å². The van der Waals surface area contributed by atoms with Crippen LogP contribution < -0.4 is 10.2 Å². The van der Waals surface area contributed by atoms with Crippen molar-refractivity contribution in [3.8, 4) is 11.3 Å². The number of carbonyl (C=O) groups is 1. The number of amides is 1. The summed E-state index contributed by atoms with van der Waals surface area (Å²) in [5.41, 5.74) is 1.28. The molecule has 0 aliphatic heterocycles. The van der Waals surface area contributed by atoms with Crippen LogP contribution in [0.2, 0.25) is 10.0 Å². The second-order valence-electron chi connectivity index (χ2n) is 4.03. The normalized spacial score (nSPS) is 10.3. The monoisotopic (exact) mass is 324 g/mol. The number of nitrogens with one attached hydrogen (secondary N) is 1. The summed E-state index contributed by atoms with van der Waals surface area (Å²) in [5.74, 6) is -0.184. The molecule has 3 nitrogen and oxygen atoms in total. The number of nitrogens with zero attached hydrogens (tertiary/aromatic N) is 1. The average molecular weight is 325 g/mol. The molecule has 0 radical (unpaired) electrons. The van der Waals surface area contributed by atoms with Crippen molar-refractivity contribution in [1.29, 1.82) is 0 Å². The summed E-state index contributed by atoms with van der Waals surface area (Å²) in [4.78, 5) is 17.9. The summed E-state index contributed by atoms with van der Waals surface area (Å²) in [6.45, 7) is 3.98. The molecule has 7 heteroatoms. The predicted octanol–water partition coefficient (Wildman–Crippen LogP) is 2.29. The molecule has 1 amide bonds. The first-order valence-corrected chi connectivity index (χ1v) is 7.42. The Bertz CT molecular complexity index is 672. The van der Waals surface area contributed by atoms with Crippen molar-refractivity contribution in [1.82, 2.24) is 10.3 Å². The van der Waals surface area contributed by atoms with E-state index in [-0.39, 0.29) is 5.91 Å². The lowest BCUT2D eigenvalue weighted by molar-refractivity contribution is 0.0962. The molecule has 0 spiro atoms. The number of benzene rings is 1. The van der Waals surface area contributed by atoms with Crippen LogP contribution in [0.4, 0.5) is 0 Å². The van der Waals surface area contributed by atoms with Gasteiger partial charge in [-0.3, -0.25) is 9.78 Å². The quantitative estimate of drug-likeness (QED) is 0.692. The Morgan fingerprint density at radius 2 is 2.25 bits per heavy atom. The first-order valence-electron chi connectivity index (χ1n) is 5.85. The third-order valence-corrected chi connectivity index (χ3v) is 4.05. The maximum Gasteiger partial charge on any atom is 0.263 e. The van der Waals surface area contributed by atoms with E-state index in [4.69, 9.17) is 23.2 Å². The van der Waals surface area contributed by atoms with Crippen molar-refractivity contribution in [2.45, 2.75) is 0 Å². The van der Waals surface area contributed by atoms with Crippen LogP contribution in [0, 0.1) is 0 Å². The lowest BCUT2D eigenvalue weighted by Crippen LogP contribution is -2.22. The van der Waals surface area contributed by atoms with E-state index < -0.39 is 0 Å². The summed E-state index contributed by atoms with van der Waals surface area (Å²) >= 11 is 13.4. The van der Waals surface area contributed by atoms with Gasteiger partial charge < -0.3 is 5.32 Å². The van der Waals surface area contributed by atoms with Gasteiger partial charge >= 0.3 is 0 Å². The van der Waals surface area contributed by atoms with Crippen LogP contribution in [-0.4, -0.2) is 25.3 Å². The SMILES string of the molecule is Bc1nc(-c2ccc(Cl)cc2Cl)c(C(=O)NCC=C)s1. The molecule has 0 fully saturated rings. The Labute approximate surface area is 132 Å². The summed E-state index contributed by atoms with van der Waals surface area (Å²) in [5, 5.41) is 3.76. The zero-order chi connectivity index (χ0) is 14.7. The van der Waals surface area contributed by atoms with E-state index in [2.05, 4.69) is 16.9 Å². The van der Waals surface area contributed by atoms with Gasteiger partial charge in [0.25, 0.3) is 5.91 Å². The molecule has 0 atom stereocenters. The number of aromatic nitrogens is 1. The molecule has 0 unspecified atom stereocenters. The lowest BCUT2D eigenvalue weighted by atomic mass is 10.1. The van der Waals surface area contributed by atoms with Gasteiger partial charge in [0.1, 0.15) is 4.88 Å². The molecule has 102 valence electrons. The molecule has 1 aromatic carbocycles. The number of halogens is 2. The molecule has 0 bridgehead atoms. The topological polar surface area (TPSA) is 42.0 Å². The van der Waals surface area contributed by atoms with E-state index >= 15 is 0 Å². The van der Waals surface area contributed by atoms with Gasteiger partial charge in [-0.25, -0.2) is 0 Å². The van der Waals surface area contributed by atoms with Crippen LogP contribution in [0.15, 0.2) is 30.9 Å². The Morgan fingerprint density at radius 3 is 2.90 bits per heavy atom. The highest BCUT2D eigenvalue weighted by molar-refractivity contribution is 7.21. The highest BCUT2D eigenvalue weighted by Gasteiger charge is 2.19. The maximum atomic E-state index is 12.1. The zero-order valence-corrected chi connectivity index (χ0v) is 13.1. The highest BCUT2D eigenvalue weighted by Crippen LogP contribution is 2.32. The van der Waals surface area contributed by atoms with Gasteiger partial charge in [-0.2, -0.15) is 0 Å². The van der Waals surface area contributed by atoms with Gasteiger partial charge in [-0.1, -0.05) is 29.3 Å². The maximum absolute atomic E-state index is 12.1. The van der Waals surface area contributed by atoms with Gasteiger partial charge in [0.2, 0.25) is 0 Å². The molecular formula is C13H11BCl2N2OS. The minimum atomic E-state index is -0.184. The smallest absolute Gasteiger partial charge is 0.263 e. The third-order valence-electron chi connectivity index (χ3n) is 2.53. The number of hydrogen-bond donors (Lipinski definition) is 1. The van der Waals surface area contributed by atoms with Crippen molar-refractivity contribution in [2.75, 3.05) is 6.54 Å². The molecule has 1 heterocycles. The summed E-state index contributed by atoms with van der Waals surface area (Å²) in [7, 11) is 1.85. The second kappa shape index (κ2) is 6.44. The number of carbonyl (C=O) groups excluding carboxylic acids is 1. The van der Waals surface area contributed by atoms with Gasteiger partial charge in [0, 0.05) is 22.0 Å². The van der Waals surface area contributed by atoms with Crippen LogP contribution in [0.1, 0.15) is 9.67 Å². The van der Waals surface area contributed by atoms with Crippen molar-refractivity contribution >= 4 is 53.2 Å². The summed E-state index contributed by atoms with van der Waals surface area (Å²) in [6.07, 6.45) is 1.63. The van der Waals surface area contributed by atoms with Crippen LogP contribution in [0.3, 0.4) is 0 Å². The van der Waals surface area contributed by atoms with Crippen LogP contribution in [0.5, 0.6) is 0 Å². The molecule has 0 saturated carbocycles. The number of thiazole rings is 1. The summed E-state index contributed by atoms with van der Waals surface area (Å²) < 4.78 is 0. The first-order chi connectivity index (χ1) is 9.52. The molecule has 0 saturated heterocycles. The fraction of sp³-hybridized carbons (Fsp3) is 0.0769. The van der Waals surface area contributed by atoms with E-state index in [1.165, 1.54) is 11.3 Å². The molecule has 2 rings (SSSR count). The minimum Gasteiger partial charge on any atom is -0.348 e. The molecule has 20 heavy (non-hydrogen) atoms. The third kappa shape index (κ3) is 3.23. The Morgan fingerprint density at radius 1 is 1.50 bits per heavy atom. The Hall–Kier alpha value is -1.30. The zero-order valence-electron chi connectivity index (χ0n) is 10.7. The molecule has 1 N–H and O–H groups in total. The van der Waals surface area contributed by atoms with Crippen molar-refractivity contribution in [3.05, 3.63) is 45.8 Å². The van der Waals surface area contributed by atoms with Crippen molar-refractivity contribution < 1.29 is 4.79 Å². The summed E-state index contributed by atoms with van der Waals surface area (Å²) in [6, 6.07) is 5.13. The molecule has 0 aliphatic rings. The van der Waals surface area contributed by atoms with Gasteiger partial charge in [0.05, 0.1) is 10.7 Å². The van der Waals surface area contributed by atoms with E-state index in [1.807, 2.05) is 7.85 Å². The van der Waals surface area contributed by atoms with Crippen LogP contribution in [0.25, 0.3) is 11.3 Å². The highest BCUT2D eigenvalue weighted by atomic mass is 35.5. The Balaban J connectivity index is 2.46. The first kappa shape index (κ1) is 15.1. The van der Waals surface area contributed by atoms with E-state index in [9.17, 15) is 4.79 Å². The standard InChI is InChI=1S/C13H11BCl2N2OS/c1-2-5-17-12(19)11-10(18-13(14)20-11)8-4-3-7(15)6-9(8)16/h2-4,6H,1,5,14H2,(H,17,19). The fourth-order valence-electron chi connectivity index (χ4n) is 1.69. The number of hydrogen-bond acceptors (Lipinski definition) is 3. The molecule has 2 aromatic rings.